The first-order valence-electron chi connectivity index (χ1n) is 8.74. The lowest BCUT2D eigenvalue weighted by Gasteiger charge is -2.32. The average Bonchev–Trinajstić information content (AvgIpc) is 2.64. The molecule has 0 unspecified atom stereocenters. The van der Waals surface area contributed by atoms with Crippen LogP contribution in [-0.2, 0) is 13.1 Å². The molecule has 2 aromatic carbocycles. The Morgan fingerprint density at radius 1 is 1.12 bits per heavy atom. The van der Waals surface area contributed by atoms with Gasteiger partial charge in [0.05, 0.1) is 5.56 Å². The van der Waals surface area contributed by atoms with Crippen molar-refractivity contribution < 1.29 is 9.18 Å². The maximum atomic E-state index is 13.8. The van der Waals surface area contributed by atoms with E-state index in [2.05, 4.69) is 28.2 Å². The van der Waals surface area contributed by atoms with Gasteiger partial charge in [-0.1, -0.05) is 35.9 Å². The smallest absolute Gasteiger partial charge is 0.254 e. The number of piperazine rings is 1. The molecule has 4 nitrogen and oxygen atoms in total. The first-order chi connectivity index (χ1) is 12.5. The van der Waals surface area contributed by atoms with Gasteiger partial charge in [0.15, 0.2) is 0 Å². The molecule has 1 N–H and O–H groups in total. The van der Waals surface area contributed by atoms with E-state index >= 15 is 0 Å². The molecule has 0 aliphatic carbocycles. The fraction of sp³-hybridized carbons (Fsp3) is 0.350. The molecule has 1 aliphatic heterocycles. The lowest BCUT2D eigenvalue weighted by atomic mass is 10.1. The normalized spacial score (nSPS) is 15.8. The number of nitrogens with one attached hydrogen (secondary N) is 1. The highest BCUT2D eigenvalue weighted by atomic mass is 35.5. The lowest BCUT2D eigenvalue weighted by Crippen LogP contribution is -2.44. The first kappa shape index (κ1) is 18.8. The highest BCUT2D eigenvalue weighted by Gasteiger charge is 2.16. The number of amides is 1. The summed E-state index contributed by atoms with van der Waals surface area (Å²) in [5, 5.41) is 3.14. The molecule has 1 saturated heterocycles. The van der Waals surface area contributed by atoms with Crippen LogP contribution in [0.5, 0.6) is 0 Å². The molecule has 138 valence electrons. The summed E-state index contributed by atoms with van der Waals surface area (Å²) in [7, 11) is 2.13. The number of carbonyl (C=O) groups excluding carboxylic acids is 1. The van der Waals surface area contributed by atoms with Crippen molar-refractivity contribution >= 4 is 17.5 Å². The Hall–Kier alpha value is -1.95. The van der Waals surface area contributed by atoms with Gasteiger partial charge < -0.3 is 10.2 Å². The predicted octanol–water partition coefficient (Wildman–Crippen LogP) is 3.16. The molecule has 0 atom stereocenters. The molecule has 1 fully saturated rings. The number of hydrogen-bond donors (Lipinski definition) is 1. The summed E-state index contributed by atoms with van der Waals surface area (Å²) in [5.74, 6) is -1.03. The second-order valence-electron chi connectivity index (χ2n) is 6.65. The van der Waals surface area contributed by atoms with E-state index in [1.165, 1.54) is 23.8 Å². The van der Waals surface area contributed by atoms with Crippen LogP contribution in [0.4, 0.5) is 4.39 Å². The third-order valence-electron chi connectivity index (χ3n) is 4.72. The van der Waals surface area contributed by atoms with E-state index in [1.54, 1.807) is 0 Å². The molecule has 1 aliphatic rings. The monoisotopic (exact) mass is 375 g/mol. The fourth-order valence-corrected chi connectivity index (χ4v) is 3.25. The van der Waals surface area contributed by atoms with Crippen LogP contribution in [0, 0.1) is 5.82 Å². The Labute approximate surface area is 158 Å². The van der Waals surface area contributed by atoms with Gasteiger partial charge in [-0.25, -0.2) is 4.39 Å². The van der Waals surface area contributed by atoms with E-state index in [9.17, 15) is 9.18 Å². The van der Waals surface area contributed by atoms with Gasteiger partial charge in [-0.15, -0.1) is 0 Å². The minimum atomic E-state index is -0.572. The highest BCUT2D eigenvalue weighted by Crippen LogP contribution is 2.16. The van der Waals surface area contributed by atoms with Crippen molar-refractivity contribution in [2.24, 2.45) is 0 Å². The van der Waals surface area contributed by atoms with E-state index in [0.29, 0.717) is 11.6 Å². The van der Waals surface area contributed by atoms with Gasteiger partial charge in [0, 0.05) is 44.3 Å². The number of hydrogen-bond acceptors (Lipinski definition) is 3. The number of carbonyl (C=O) groups is 1. The summed E-state index contributed by atoms with van der Waals surface area (Å²) in [6.07, 6.45) is 0. The third kappa shape index (κ3) is 4.81. The minimum Gasteiger partial charge on any atom is -0.348 e. The SMILES string of the molecule is CN1CCN(Cc2ccccc2CNC(=O)c2cc(Cl)ccc2F)CC1. The number of nitrogens with zero attached hydrogens (tertiary/aromatic N) is 2. The van der Waals surface area contributed by atoms with Crippen molar-refractivity contribution in [2.75, 3.05) is 33.2 Å². The Morgan fingerprint density at radius 3 is 2.54 bits per heavy atom. The molecule has 0 radical (unpaired) electrons. The zero-order chi connectivity index (χ0) is 18.5. The Bertz CT molecular complexity index is 775. The van der Waals surface area contributed by atoms with Gasteiger partial charge in [-0.2, -0.15) is 0 Å². The van der Waals surface area contributed by atoms with Crippen molar-refractivity contribution in [3.05, 3.63) is 70.0 Å². The molecule has 0 bridgehead atoms. The lowest BCUT2D eigenvalue weighted by molar-refractivity contribution is 0.0946. The van der Waals surface area contributed by atoms with Crippen molar-refractivity contribution in [3.63, 3.8) is 0 Å². The number of benzene rings is 2. The maximum Gasteiger partial charge on any atom is 0.254 e. The molecule has 1 heterocycles. The fourth-order valence-electron chi connectivity index (χ4n) is 3.07. The van der Waals surface area contributed by atoms with Crippen LogP contribution >= 0.6 is 11.6 Å². The molecular weight excluding hydrogens is 353 g/mol. The molecule has 26 heavy (non-hydrogen) atoms. The third-order valence-corrected chi connectivity index (χ3v) is 4.96. The number of likely N-dealkylation sites (N-methyl/N-ethyl adjacent to an activating group) is 1. The molecule has 6 heteroatoms. The largest absolute Gasteiger partial charge is 0.348 e. The predicted molar refractivity (Wildman–Crippen MR) is 102 cm³/mol. The summed E-state index contributed by atoms with van der Waals surface area (Å²) >= 11 is 5.87. The van der Waals surface area contributed by atoms with E-state index in [-0.39, 0.29) is 5.56 Å². The van der Waals surface area contributed by atoms with Crippen LogP contribution < -0.4 is 5.32 Å². The summed E-state index contributed by atoms with van der Waals surface area (Å²) in [6, 6.07) is 12.0. The van der Waals surface area contributed by atoms with Gasteiger partial charge in [0.1, 0.15) is 5.82 Å². The molecule has 1 amide bonds. The van der Waals surface area contributed by atoms with Gasteiger partial charge >= 0.3 is 0 Å². The Balaban J connectivity index is 1.65. The zero-order valence-electron chi connectivity index (χ0n) is 14.8. The molecule has 0 spiro atoms. The molecule has 3 rings (SSSR count). The number of rotatable bonds is 5. The van der Waals surface area contributed by atoms with Crippen LogP contribution in [0.25, 0.3) is 0 Å². The van der Waals surface area contributed by atoms with Crippen LogP contribution in [0.3, 0.4) is 0 Å². The van der Waals surface area contributed by atoms with Crippen LogP contribution in [0.15, 0.2) is 42.5 Å². The van der Waals surface area contributed by atoms with Crippen molar-refractivity contribution in [1.29, 1.82) is 0 Å². The topological polar surface area (TPSA) is 35.6 Å². The highest BCUT2D eigenvalue weighted by molar-refractivity contribution is 6.31. The molecule has 0 aromatic heterocycles. The molecule has 2 aromatic rings. The summed E-state index contributed by atoms with van der Waals surface area (Å²) < 4.78 is 13.8. The van der Waals surface area contributed by atoms with E-state index in [0.717, 1.165) is 38.3 Å². The summed E-state index contributed by atoms with van der Waals surface area (Å²) in [5.41, 5.74) is 2.19. The Morgan fingerprint density at radius 2 is 1.81 bits per heavy atom. The van der Waals surface area contributed by atoms with E-state index in [4.69, 9.17) is 11.6 Å². The minimum absolute atomic E-state index is 0.0333. The van der Waals surface area contributed by atoms with Gasteiger partial charge in [-0.3, -0.25) is 9.69 Å². The van der Waals surface area contributed by atoms with Gasteiger partial charge in [0.25, 0.3) is 5.91 Å². The van der Waals surface area contributed by atoms with Gasteiger partial charge in [0.2, 0.25) is 0 Å². The standard InChI is InChI=1S/C20H23ClFN3O/c1-24-8-10-25(11-9-24)14-16-5-3-2-4-15(16)13-23-20(26)18-12-17(21)6-7-19(18)22/h2-7,12H,8-11,13-14H2,1H3,(H,23,26). The first-order valence-corrected chi connectivity index (χ1v) is 9.11. The summed E-state index contributed by atoms with van der Waals surface area (Å²) in [6.45, 7) is 5.40. The van der Waals surface area contributed by atoms with Crippen LogP contribution in [0.1, 0.15) is 21.5 Å². The molecular formula is C20H23ClFN3O. The average molecular weight is 376 g/mol. The second kappa shape index (κ2) is 8.62. The zero-order valence-corrected chi connectivity index (χ0v) is 15.6. The van der Waals surface area contributed by atoms with E-state index in [1.807, 2.05) is 18.2 Å². The van der Waals surface area contributed by atoms with Crippen molar-refractivity contribution in [2.45, 2.75) is 13.1 Å². The van der Waals surface area contributed by atoms with E-state index < -0.39 is 11.7 Å². The molecule has 0 saturated carbocycles. The van der Waals surface area contributed by atoms with Crippen LogP contribution in [-0.4, -0.2) is 48.9 Å². The van der Waals surface area contributed by atoms with Gasteiger partial charge in [-0.05, 0) is 36.4 Å². The maximum absolute atomic E-state index is 13.8. The Kier molecular flexibility index (Phi) is 6.25. The quantitative estimate of drug-likeness (QED) is 0.872. The second-order valence-corrected chi connectivity index (χ2v) is 7.09. The summed E-state index contributed by atoms with van der Waals surface area (Å²) in [4.78, 5) is 17.0. The van der Waals surface area contributed by atoms with Crippen molar-refractivity contribution in [3.8, 4) is 0 Å². The number of halogens is 2. The van der Waals surface area contributed by atoms with Crippen LogP contribution in [0.2, 0.25) is 5.02 Å². The van der Waals surface area contributed by atoms with Crippen molar-refractivity contribution in [1.82, 2.24) is 15.1 Å².